The molecule has 24 heavy (non-hydrogen) atoms. The fourth-order valence-corrected chi connectivity index (χ4v) is 2.70. The maximum absolute atomic E-state index is 10.4. The SMILES string of the molecule is CCC=CCC=CCC(O)CCCCCCCCCCCC(=O)O. The molecular weight excluding hydrogens is 300 g/mol. The number of hydrogen-bond donors (Lipinski definition) is 2. The fraction of sp³-hybridized carbons (Fsp3) is 0.762. The average molecular weight is 339 g/mol. The summed E-state index contributed by atoms with van der Waals surface area (Å²) in [5.41, 5.74) is 0. The molecule has 1 unspecified atom stereocenters. The maximum atomic E-state index is 10.4. The zero-order valence-electron chi connectivity index (χ0n) is 15.6. The molecule has 0 aliphatic heterocycles. The quantitative estimate of drug-likeness (QED) is 0.252. The van der Waals surface area contributed by atoms with Crippen molar-refractivity contribution in [2.75, 3.05) is 0 Å². The number of unbranched alkanes of at least 4 members (excludes halogenated alkanes) is 8. The van der Waals surface area contributed by atoms with Crippen LogP contribution >= 0.6 is 0 Å². The number of carboxylic acids is 1. The van der Waals surface area contributed by atoms with Crippen molar-refractivity contribution < 1.29 is 15.0 Å². The average Bonchev–Trinajstić information content (AvgIpc) is 2.55. The van der Waals surface area contributed by atoms with Crippen molar-refractivity contribution in [3.05, 3.63) is 24.3 Å². The molecule has 0 bridgehead atoms. The predicted octanol–water partition coefficient (Wildman–Crippen LogP) is 6.03. The van der Waals surface area contributed by atoms with Crippen LogP contribution in [0.4, 0.5) is 0 Å². The van der Waals surface area contributed by atoms with Crippen molar-refractivity contribution in [2.24, 2.45) is 0 Å². The first-order chi connectivity index (χ1) is 11.7. The van der Waals surface area contributed by atoms with Gasteiger partial charge >= 0.3 is 5.97 Å². The molecule has 3 heteroatoms. The molecule has 0 aliphatic rings. The summed E-state index contributed by atoms with van der Waals surface area (Å²) in [4.78, 5) is 10.4. The minimum Gasteiger partial charge on any atom is -0.481 e. The molecule has 0 amide bonds. The lowest BCUT2D eigenvalue weighted by atomic mass is 10.0. The van der Waals surface area contributed by atoms with E-state index in [1.54, 1.807) is 0 Å². The Morgan fingerprint density at radius 2 is 1.38 bits per heavy atom. The Balaban J connectivity index is 3.25. The zero-order valence-corrected chi connectivity index (χ0v) is 15.6. The van der Waals surface area contributed by atoms with Crippen LogP contribution in [0.15, 0.2) is 24.3 Å². The first kappa shape index (κ1) is 22.9. The van der Waals surface area contributed by atoms with Crippen molar-refractivity contribution in [3.8, 4) is 0 Å². The maximum Gasteiger partial charge on any atom is 0.303 e. The second-order valence-electron chi connectivity index (χ2n) is 6.59. The van der Waals surface area contributed by atoms with Gasteiger partial charge in [-0.2, -0.15) is 0 Å². The highest BCUT2D eigenvalue weighted by atomic mass is 16.4. The Labute approximate surface area is 148 Å². The number of hydrogen-bond acceptors (Lipinski definition) is 2. The van der Waals surface area contributed by atoms with Gasteiger partial charge in [0.25, 0.3) is 0 Å². The molecule has 0 aliphatic carbocycles. The molecule has 0 aromatic carbocycles. The molecule has 0 rings (SSSR count). The smallest absolute Gasteiger partial charge is 0.303 e. The van der Waals surface area contributed by atoms with Crippen LogP contribution in [0.25, 0.3) is 0 Å². The van der Waals surface area contributed by atoms with Crippen LogP contribution in [0.5, 0.6) is 0 Å². The summed E-state index contributed by atoms with van der Waals surface area (Å²) in [5.74, 6) is -0.680. The molecule has 0 aromatic rings. The standard InChI is InChI=1S/C21H38O3/c1-2-3-4-5-11-14-17-20(22)18-15-12-9-7-6-8-10-13-16-19-21(23)24/h3-4,11,14,20,22H,2,5-10,12-13,15-19H2,1H3,(H,23,24). The van der Waals surface area contributed by atoms with E-state index in [2.05, 4.69) is 31.2 Å². The molecular formula is C21H38O3. The lowest BCUT2D eigenvalue weighted by Gasteiger charge is -2.07. The molecule has 0 spiro atoms. The van der Waals surface area contributed by atoms with Gasteiger partial charge in [-0.3, -0.25) is 4.79 Å². The third-order valence-corrected chi connectivity index (χ3v) is 4.18. The van der Waals surface area contributed by atoms with Gasteiger partial charge in [0.15, 0.2) is 0 Å². The molecule has 0 heterocycles. The highest BCUT2D eigenvalue weighted by molar-refractivity contribution is 5.66. The summed E-state index contributed by atoms with van der Waals surface area (Å²) in [5, 5.41) is 18.4. The fourth-order valence-electron chi connectivity index (χ4n) is 2.70. The van der Waals surface area contributed by atoms with E-state index in [9.17, 15) is 9.90 Å². The highest BCUT2D eigenvalue weighted by Crippen LogP contribution is 2.13. The Bertz CT molecular complexity index is 334. The monoisotopic (exact) mass is 338 g/mol. The molecule has 2 N–H and O–H groups in total. The van der Waals surface area contributed by atoms with Gasteiger partial charge in [0, 0.05) is 6.42 Å². The first-order valence-corrected chi connectivity index (χ1v) is 9.86. The Morgan fingerprint density at radius 1 is 0.833 bits per heavy atom. The lowest BCUT2D eigenvalue weighted by Crippen LogP contribution is -2.04. The largest absolute Gasteiger partial charge is 0.481 e. The summed E-state index contributed by atoms with van der Waals surface area (Å²) >= 11 is 0. The third kappa shape index (κ3) is 19.0. The van der Waals surface area contributed by atoms with Crippen LogP contribution in [-0.4, -0.2) is 22.3 Å². The van der Waals surface area contributed by atoms with E-state index in [1.165, 1.54) is 32.1 Å². The summed E-state index contributed by atoms with van der Waals surface area (Å²) < 4.78 is 0. The molecule has 0 fully saturated rings. The number of rotatable bonds is 17. The number of aliphatic hydroxyl groups is 1. The minimum absolute atomic E-state index is 0.189. The summed E-state index contributed by atoms with van der Waals surface area (Å²) in [6.45, 7) is 2.13. The van der Waals surface area contributed by atoms with Gasteiger partial charge in [0.1, 0.15) is 0 Å². The second kappa shape index (κ2) is 18.3. The van der Waals surface area contributed by atoms with Crippen LogP contribution in [-0.2, 0) is 4.79 Å². The van der Waals surface area contributed by atoms with Crippen LogP contribution in [0.1, 0.15) is 96.8 Å². The van der Waals surface area contributed by atoms with E-state index in [4.69, 9.17) is 5.11 Å². The predicted molar refractivity (Wildman–Crippen MR) is 102 cm³/mol. The summed E-state index contributed by atoms with van der Waals surface area (Å²) in [6, 6.07) is 0. The van der Waals surface area contributed by atoms with E-state index >= 15 is 0 Å². The van der Waals surface area contributed by atoms with E-state index in [-0.39, 0.29) is 6.10 Å². The highest BCUT2D eigenvalue weighted by Gasteiger charge is 2.01. The van der Waals surface area contributed by atoms with Gasteiger partial charge in [-0.15, -0.1) is 0 Å². The summed E-state index contributed by atoms with van der Waals surface area (Å²) in [7, 11) is 0. The van der Waals surface area contributed by atoms with Crippen LogP contribution in [0.2, 0.25) is 0 Å². The van der Waals surface area contributed by atoms with Crippen LogP contribution in [0, 0.1) is 0 Å². The topological polar surface area (TPSA) is 57.5 Å². The van der Waals surface area contributed by atoms with Gasteiger partial charge in [-0.25, -0.2) is 0 Å². The molecule has 1 atom stereocenters. The van der Waals surface area contributed by atoms with E-state index in [1.807, 2.05) is 0 Å². The number of carbonyl (C=O) groups is 1. The molecule has 140 valence electrons. The van der Waals surface area contributed by atoms with Gasteiger partial charge in [-0.05, 0) is 32.1 Å². The molecule has 0 saturated carbocycles. The number of allylic oxidation sites excluding steroid dienone is 3. The van der Waals surface area contributed by atoms with Gasteiger partial charge in [0.05, 0.1) is 6.10 Å². The second-order valence-corrected chi connectivity index (χ2v) is 6.59. The third-order valence-electron chi connectivity index (χ3n) is 4.18. The minimum atomic E-state index is -0.680. The molecule has 0 saturated heterocycles. The van der Waals surface area contributed by atoms with Crippen molar-refractivity contribution in [2.45, 2.75) is 103 Å². The van der Waals surface area contributed by atoms with Crippen molar-refractivity contribution in [3.63, 3.8) is 0 Å². The Kier molecular flexibility index (Phi) is 17.4. The zero-order chi connectivity index (χ0) is 17.9. The van der Waals surface area contributed by atoms with E-state index in [0.29, 0.717) is 6.42 Å². The number of carboxylic acid groups (broad SMARTS) is 1. The van der Waals surface area contributed by atoms with Crippen LogP contribution in [0.3, 0.4) is 0 Å². The summed E-state index contributed by atoms with van der Waals surface area (Å²) in [6.07, 6.45) is 22.7. The van der Waals surface area contributed by atoms with Crippen molar-refractivity contribution in [1.82, 2.24) is 0 Å². The van der Waals surface area contributed by atoms with Gasteiger partial charge < -0.3 is 10.2 Å². The van der Waals surface area contributed by atoms with E-state index in [0.717, 1.165) is 51.4 Å². The van der Waals surface area contributed by atoms with Gasteiger partial charge in [0.2, 0.25) is 0 Å². The first-order valence-electron chi connectivity index (χ1n) is 9.86. The van der Waals surface area contributed by atoms with Crippen molar-refractivity contribution in [1.29, 1.82) is 0 Å². The molecule has 3 nitrogen and oxygen atoms in total. The lowest BCUT2D eigenvalue weighted by molar-refractivity contribution is -0.137. The Morgan fingerprint density at radius 3 is 1.96 bits per heavy atom. The van der Waals surface area contributed by atoms with Crippen LogP contribution < -0.4 is 0 Å². The molecule has 0 radical (unpaired) electrons. The van der Waals surface area contributed by atoms with Gasteiger partial charge in [-0.1, -0.05) is 82.6 Å². The number of aliphatic hydroxyl groups excluding tert-OH is 1. The van der Waals surface area contributed by atoms with Crippen molar-refractivity contribution >= 4 is 5.97 Å². The Hall–Kier alpha value is -1.09. The number of aliphatic carboxylic acids is 1. The van der Waals surface area contributed by atoms with E-state index < -0.39 is 5.97 Å². The molecule has 0 aromatic heterocycles. The normalized spacial score (nSPS) is 13.1.